The minimum atomic E-state index is 0.0233. The number of rotatable bonds is 1. The lowest BCUT2D eigenvalue weighted by Gasteiger charge is -2.26. The minimum absolute atomic E-state index is 0.0233. The Bertz CT molecular complexity index is 297. The first-order valence-corrected chi connectivity index (χ1v) is 4.47. The Balaban J connectivity index is 3.02. The highest BCUT2D eigenvalue weighted by molar-refractivity contribution is 5.80. The highest BCUT2D eigenvalue weighted by Crippen LogP contribution is 2.28. The van der Waals surface area contributed by atoms with E-state index < -0.39 is 0 Å². The fraction of sp³-hybridized carbons (Fsp3) is 0.600. The minimum Gasteiger partial charge on any atom is -0.329 e. The molecule has 0 fully saturated rings. The van der Waals surface area contributed by atoms with Gasteiger partial charge in [0.1, 0.15) is 0 Å². The molecular formula is C10H14N2O. The summed E-state index contributed by atoms with van der Waals surface area (Å²) in [5, 5.41) is 11.6. The summed E-state index contributed by atoms with van der Waals surface area (Å²) in [5.74, 6) is 0.463. The highest BCUT2D eigenvalue weighted by atomic mass is 16.1. The van der Waals surface area contributed by atoms with Gasteiger partial charge in [0.05, 0.1) is 11.6 Å². The summed E-state index contributed by atoms with van der Waals surface area (Å²) in [4.78, 5) is 11.2. The summed E-state index contributed by atoms with van der Waals surface area (Å²) in [5.41, 5.74) is 1.45. The molecule has 0 aromatic rings. The Labute approximate surface area is 78.4 Å². The van der Waals surface area contributed by atoms with E-state index >= 15 is 0 Å². The number of nitriles is 1. The lowest BCUT2D eigenvalue weighted by atomic mass is 9.83. The maximum Gasteiger partial charge on any atom is 0.224 e. The van der Waals surface area contributed by atoms with E-state index in [1.807, 2.05) is 13.8 Å². The first-order chi connectivity index (χ1) is 6.06. The molecule has 0 saturated carbocycles. The van der Waals surface area contributed by atoms with E-state index in [-0.39, 0.29) is 11.8 Å². The molecular weight excluding hydrogens is 164 g/mol. The molecule has 0 aliphatic carbocycles. The van der Waals surface area contributed by atoms with Crippen LogP contribution in [0.4, 0.5) is 0 Å². The van der Waals surface area contributed by atoms with E-state index in [2.05, 4.69) is 11.4 Å². The summed E-state index contributed by atoms with van der Waals surface area (Å²) in [6.45, 7) is 5.85. The van der Waals surface area contributed by atoms with E-state index in [1.54, 1.807) is 6.92 Å². The van der Waals surface area contributed by atoms with Crippen molar-refractivity contribution in [1.82, 2.24) is 5.32 Å². The van der Waals surface area contributed by atoms with Gasteiger partial charge in [-0.05, 0) is 12.8 Å². The Morgan fingerprint density at radius 3 is 2.69 bits per heavy atom. The van der Waals surface area contributed by atoms with Crippen LogP contribution in [-0.2, 0) is 4.79 Å². The number of hydrogen-bond donors (Lipinski definition) is 1. The topological polar surface area (TPSA) is 52.9 Å². The van der Waals surface area contributed by atoms with Gasteiger partial charge >= 0.3 is 0 Å². The lowest BCUT2D eigenvalue weighted by molar-refractivity contribution is -0.121. The summed E-state index contributed by atoms with van der Waals surface area (Å²) in [6.07, 6.45) is 0.442. The van der Waals surface area contributed by atoms with Gasteiger partial charge in [-0.3, -0.25) is 4.79 Å². The van der Waals surface area contributed by atoms with Crippen molar-refractivity contribution in [2.75, 3.05) is 0 Å². The maximum atomic E-state index is 11.2. The summed E-state index contributed by atoms with van der Waals surface area (Å²) < 4.78 is 0. The predicted molar refractivity (Wildman–Crippen MR) is 49.4 cm³/mol. The van der Waals surface area contributed by atoms with Gasteiger partial charge in [-0.15, -0.1) is 0 Å². The van der Waals surface area contributed by atoms with Crippen LogP contribution >= 0.6 is 0 Å². The number of hydrogen-bond acceptors (Lipinski definition) is 2. The van der Waals surface area contributed by atoms with Crippen molar-refractivity contribution in [1.29, 1.82) is 5.26 Å². The zero-order chi connectivity index (χ0) is 10.0. The quantitative estimate of drug-likeness (QED) is 0.662. The van der Waals surface area contributed by atoms with Crippen molar-refractivity contribution >= 4 is 5.91 Å². The molecule has 1 N–H and O–H groups in total. The fourth-order valence-electron chi connectivity index (χ4n) is 1.64. The molecule has 1 amide bonds. The molecule has 0 aromatic carbocycles. The van der Waals surface area contributed by atoms with Crippen molar-refractivity contribution in [3.05, 3.63) is 11.3 Å². The molecule has 1 heterocycles. The fourth-order valence-corrected chi connectivity index (χ4v) is 1.64. The summed E-state index contributed by atoms with van der Waals surface area (Å²) in [6, 6.07) is 2.17. The third-order valence-electron chi connectivity index (χ3n) is 2.43. The number of nitrogens with zero attached hydrogens (tertiary/aromatic N) is 1. The van der Waals surface area contributed by atoms with Crippen LogP contribution < -0.4 is 5.32 Å². The second kappa shape index (κ2) is 3.61. The molecule has 1 aliphatic heterocycles. The van der Waals surface area contributed by atoms with Gasteiger partial charge in [-0.25, -0.2) is 0 Å². The zero-order valence-electron chi connectivity index (χ0n) is 8.22. The van der Waals surface area contributed by atoms with Crippen LogP contribution in [0, 0.1) is 23.2 Å². The smallest absolute Gasteiger partial charge is 0.224 e. The first-order valence-electron chi connectivity index (χ1n) is 4.47. The van der Waals surface area contributed by atoms with E-state index in [9.17, 15) is 4.79 Å². The van der Waals surface area contributed by atoms with Crippen molar-refractivity contribution in [3.8, 4) is 6.07 Å². The number of carbonyl (C=O) groups is 1. The van der Waals surface area contributed by atoms with Gasteiger partial charge in [0.2, 0.25) is 5.91 Å². The number of nitrogens with one attached hydrogen (secondary N) is 1. The monoisotopic (exact) mass is 178 g/mol. The Morgan fingerprint density at radius 2 is 2.23 bits per heavy atom. The Morgan fingerprint density at radius 1 is 1.62 bits per heavy atom. The average molecular weight is 178 g/mol. The van der Waals surface area contributed by atoms with Crippen molar-refractivity contribution in [2.24, 2.45) is 11.8 Å². The standard InChI is InChI=1S/C10H14N2O/c1-6(2)8-4-10(13)12-7(3)9(8)5-11/h6,8H,4H2,1-3H3,(H,12,13). The lowest BCUT2D eigenvalue weighted by Crippen LogP contribution is -2.33. The SMILES string of the molecule is CC1=C(C#N)C(C(C)C)CC(=O)N1. The van der Waals surface area contributed by atoms with Crippen molar-refractivity contribution < 1.29 is 4.79 Å². The molecule has 0 saturated heterocycles. The molecule has 1 unspecified atom stereocenters. The third kappa shape index (κ3) is 1.89. The van der Waals surface area contributed by atoms with Crippen LogP contribution in [0.25, 0.3) is 0 Å². The van der Waals surface area contributed by atoms with Crippen LogP contribution in [0.2, 0.25) is 0 Å². The van der Waals surface area contributed by atoms with Gasteiger partial charge in [0.25, 0.3) is 0 Å². The largest absolute Gasteiger partial charge is 0.329 e. The van der Waals surface area contributed by atoms with Crippen LogP contribution in [0.1, 0.15) is 27.2 Å². The first kappa shape index (κ1) is 9.79. The van der Waals surface area contributed by atoms with Crippen LogP contribution in [0.5, 0.6) is 0 Å². The predicted octanol–water partition coefficient (Wildman–Crippen LogP) is 1.58. The second-order valence-corrected chi connectivity index (χ2v) is 3.75. The van der Waals surface area contributed by atoms with E-state index in [4.69, 9.17) is 5.26 Å². The van der Waals surface area contributed by atoms with Crippen LogP contribution in [-0.4, -0.2) is 5.91 Å². The van der Waals surface area contributed by atoms with Gasteiger partial charge in [0, 0.05) is 18.0 Å². The molecule has 3 heteroatoms. The number of carbonyl (C=O) groups excluding carboxylic acids is 1. The molecule has 0 spiro atoms. The molecule has 0 bridgehead atoms. The molecule has 3 nitrogen and oxygen atoms in total. The van der Waals surface area contributed by atoms with Gasteiger partial charge in [-0.1, -0.05) is 13.8 Å². The molecule has 0 radical (unpaired) electrons. The van der Waals surface area contributed by atoms with Gasteiger partial charge in [0.15, 0.2) is 0 Å². The average Bonchev–Trinajstić information content (AvgIpc) is 2.02. The van der Waals surface area contributed by atoms with E-state index in [0.717, 1.165) is 11.3 Å². The molecule has 0 aromatic heterocycles. The molecule has 13 heavy (non-hydrogen) atoms. The Hall–Kier alpha value is -1.30. The summed E-state index contributed by atoms with van der Waals surface area (Å²) >= 11 is 0. The second-order valence-electron chi connectivity index (χ2n) is 3.75. The maximum absolute atomic E-state index is 11.2. The van der Waals surface area contributed by atoms with Crippen molar-refractivity contribution in [2.45, 2.75) is 27.2 Å². The van der Waals surface area contributed by atoms with E-state index in [1.165, 1.54) is 0 Å². The third-order valence-corrected chi connectivity index (χ3v) is 2.43. The summed E-state index contributed by atoms with van der Waals surface area (Å²) in [7, 11) is 0. The molecule has 70 valence electrons. The zero-order valence-corrected chi connectivity index (χ0v) is 8.22. The molecule has 1 atom stereocenters. The van der Waals surface area contributed by atoms with Crippen LogP contribution in [0.3, 0.4) is 0 Å². The van der Waals surface area contributed by atoms with Crippen molar-refractivity contribution in [3.63, 3.8) is 0 Å². The number of amides is 1. The van der Waals surface area contributed by atoms with E-state index in [0.29, 0.717) is 12.3 Å². The van der Waals surface area contributed by atoms with Gasteiger partial charge < -0.3 is 5.32 Å². The Kier molecular flexibility index (Phi) is 2.72. The number of allylic oxidation sites excluding steroid dienone is 2. The molecule has 1 rings (SSSR count). The molecule has 1 aliphatic rings. The normalized spacial score (nSPS) is 23.0. The van der Waals surface area contributed by atoms with Gasteiger partial charge in [-0.2, -0.15) is 5.26 Å². The highest BCUT2D eigenvalue weighted by Gasteiger charge is 2.27. The van der Waals surface area contributed by atoms with Crippen LogP contribution in [0.15, 0.2) is 11.3 Å².